The maximum absolute atomic E-state index is 14.6. The Labute approximate surface area is 153 Å². The van der Waals surface area contributed by atoms with Crippen LogP contribution in [0.5, 0.6) is 0 Å². The molecule has 0 fully saturated rings. The summed E-state index contributed by atoms with van der Waals surface area (Å²) in [6, 6.07) is 15.7. The molecule has 0 heterocycles. The summed E-state index contributed by atoms with van der Waals surface area (Å²) in [4.78, 5) is 23.4. The molecule has 0 saturated carbocycles. The molecule has 3 aromatic carbocycles. The summed E-state index contributed by atoms with van der Waals surface area (Å²) in [6.45, 7) is 1.46. The third-order valence-corrected chi connectivity index (χ3v) is 4.17. The van der Waals surface area contributed by atoms with Crippen LogP contribution in [0.2, 0.25) is 0 Å². The van der Waals surface area contributed by atoms with Crippen molar-refractivity contribution in [2.75, 3.05) is 5.32 Å². The summed E-state index contributed by atoms with van der Waals surface area (Å²) in [5, 5.41) is 13.2. The zero-order valence-electron chi connectivity index (χ0n) is 14.3. The van der Waals surface area contributed by atoms with Crippen LogP contribution in [0.1, 0.15) is 22.8 Å². The molecule has 0 aliphatic rings. The highest BCUT2D eigenvalue weighted by atomic mass is 19.1. The Kier molecular flexibility index (Phi) is 4.98. The molecule has 0 radical (unpaired) electrons. The number of halogens is 2. The van der Waals surface area contributed by atoms with Gasteiger partial charge in [-0.1, -0.05) is 36.4 Å². The Morgan fingerprint density at radius 1 is 0.963 bits per heavy atom. The lowest BCUT2D eigenvalue weighted by atomic mass is 10.0. The number of hydrogen-bond acceptors (Lipinski definition) is 2. The van der Waals surface area contributed by atoms with Gasteiger partial charge in [-0.3, -0.25) is 4.79 Å². The number of aromatic carboxylic acids is 1. The minimum absolute atomic E-state index is 0.109. The minimum Gasteiger partial charge on any atom is -0.478 e. The molecule has 0 unspecified atom stereocenters. The summed E-state index contributed by atoms with van der Waals surface area (Å²) in [7, 11) is 0. The summed E-state index contributed by atoms with van der Waals surface area (Å²) in [6.07, 6.45) is 0. The van der Waals surface area contributed by atoms with Crippen LogP contribution in [0.4, 0.5) is 14.5 Å². The van der Waals surface area contributed by atoms with E-state index in [0.717, 1.165) is 29.0 Å². The molecule has 136 valence electrons. The van der Waals surface area contributed by atoms with Crippen LogP contribution in [0.3, 0.4) is 0 Å². The number of benzene rings is 3. The second kappa shape index (κ2) is 7.37. The van der Waals surface area contributed by atoms with Crippen molar-refractivity contribution in [3.05, 3.63) is 83.4 Å². The van der Waals surface area contributed by atoms with E-state index in [0.29, 0.717) is 5.56 Å². The first-order valence-corrected chi connectivity index (χ1v) is 8.06. The van der Waals surface area contributed by atoms with Gasteiger partial charge in [0.2, 0.25) is 0 Å². The Morgan fingerprint density at radius 3 is 2.37 bits per heavy atom. The van der Waals surface area contributed by atoms with Gasteiger partial charge < -0.3 is 10.4 Å². The van der Waals surface area contributed by atoms with Crippen molar-refractivity contribution >= 4 is 33.9 Å². The fourth-order valence-corrected chi connectivity index (χ4v) is 2.70. The predicted octanol–water partition coefficient (Wildman–Crippen LogP) is 5.02. The lowest BCUT2D eigenvalue weighted by molar-refractivity contribution is -0.114. The molecule has 0 spiro atoms. The number of amides is 1. The van der Waals surface area contributed by atoms with Crippen molar-refractivity contribution < 1.29 is 23.5 Å². The number of nitrogens with one attached hydrogen (secondary N) is 1. The molecule has 2 N–H and O–H groups in total. The number of carbonyl (C=O) groups excluding carboxylic acids is 1. The monoisotopic (exact) mass is 367 g/mol. The van der Waals surface area contributed by atoms with Gasteiger partial charge in [-0.25, -0.2) is 13.6 Å². The van der Waals surface area contributed by atoms with Crippen molar-refractivity contribution in [1.29, 1.82) is 0 Å². The highest BCUT2D eigenvalue weighted by Crippen LogP contribution is 2.25. The van der Waals surface area contributed by atoms with E-state index >= 15 is 0 Å². The maximum atomic E-state index is 14.6. The van der Waals surface area contributed by atoms with Gasteiger partial charge in [0.15, 0.2) is 5.83 Å². The molecule has 0 atom stereocenters. The molecule has 0 aliphatic carbocycles. The SMILES string of the molecule is CC(=C(F)C(=O)Nc1ccc(F)cc1C(=O)O)c1ccc2ccccc2c1. The first-order valence-electron chi connectivity index (χ1n) is 8.06. The molecule has 0 aliphatic heterocycles. The molecule has 1 amide bonds. The van der Waals surface area contributed by atoms with Crippen LogP contribution in [-0.2, 0) is 4.79 Å². The number of carbonyl (C=O) groups is 2. The van der Waals surface area contributed by atoms with Crippen molar-refractivity contribution in [2.45, 2.75) is 6.92 Å². The van der Waals surface area contributed by atoms with Gasteiger partial charge >= 0.3 is 5.97 Å². The summed E-state index contributed by atoms with van der Waals surface area (Å²) < 4.78 is 27.8. The topological polar surface area (TPSA) is 66.4 Å². The molecular weight excluding hydrogens is 352 g/mol. The van der Waals surface area contributed by atoms with Gasteiger partial charge in [0.1, 0.15) is 5.82 Å². The number of carboxylic acid groups (broad SMARTS) is 1. The van der Waals surface area contributed by atoms with Crippen LogP contribution in [-0.4, -0.2) is 17.0 Å². The number of carboxylic acids is 1. The number of anilines is 1. The number of hydrogen-bond donors (Lipinski definition) is 2. The Balaban J connectivity index is 1.92. The van der Waals surface area contributed by atoms with Gasteiger partial charge in [0, 0.05) is 0 Å². The quantitative estimate of drug-likeness (QED) is 0.637. The van der Waals surface area contributed by atoms with Crippen molar-refractivity contribution in [3.63, 3.8) is 0 Å². The third kappa shape index (κ3) is 3.84. The third-order valence-electron chi connectivity index (χ3n) is 4.17. The molecule has 3 rings (SSSR count). The first-order chi connectivity index (χ1) is 12.9. The molecule has 0 bridgehead atoms. The van der Waals surface area contributed by atoms with Crippen LogP contribution in [0.15, 0.2) is 66.5 Å². The fraction of sp³-hybridized carbons (Fsp3) is 0.0476. The lowest BCUT2D eigenvalue weighted by Crippen LogP contribution is -2.16. The standard InChI is InChI=1S/C21H15F2NO3/c1-12(14-7-6-13-4-2-3-5-15(13)10-14)19(23)20(25)24-18-9-8-16(22)11-17(18)21(26)27/h2-11H,1H3,(H,24,25)(H,26,27). The largest absolute Gasteiger partial charge is 0.478 e. The molecule has 0 aromatic heterocycles. The van der Waals surface area contributed by atoms with E-state index in [2.05, 4.69) is 5.32 Å². The molecule has 6 heteroatoms. The van der Waals surface area contributed by atoms with Gasteiger partial charge in [-0.2, -0.15) is 0 Å². The Bertz CT molecular complexity index is 1090. The van der Waals surface area contributed by atoms with E-state index in [4.69, 9.17) is 5.11 Å². The Hall–Kier alpha value is -3.54. The fourth-order valence-electron chi connectivity index (χ4n) is 2.70. The second-order valence-corrected chi connectivity index (χ2v) is 5.95. The van der Waals surface area contributed by atoms with Crippen molar-refractivity contribution in [1.82, 2.24) is 0 Å². The van der Waals surface area contributed by atoms with E-state index in [-0.39, 0.29) is 11.3 Å². The lowest BCUT2D eigenvalue weighted by Gasteiger charge is -2.10. The molecule has 0 saturated heterocycles. The van der Waals surface area contributed by atoms with E-state index in [1.807, 2.05) is 30.3 Å². The summed E-state index contributed by atoms with van der Waals surface area (Å²) >= 11 is 0. The smallest absolute Gasteiger partial charge is 0.337 e. The highest BCUT2D eigenvalue weighted by molar-refractivity contribution is 6.09. The van der Waals surface area contributed by atoms with E-state index in [1.165, 1.54) is 6.92 Å². The Morgan fingerprint density at radius 2 is 1.67 bits per heavy atom. The van der Waals surface area contributed by atoms with Gasteiger partial charge in [0.05, 0.1) is 11.3 Å². The maximum Gasteiger partial charge on any atom is 0.337 e. The van der Waals surface area contributed by atoms with Gasteiger partial charge in [-0.05, 0) is 53.1 Å². The van der Waals surface area contributed by atoms with E-state index in [9.17, 15) is 18.4 Å². The molecule has 3 aromatic rings. The van der Waals surface area contributed by atoms with Crippen molar-refractivity contribution in [2.24, 2.45) is 0 Å². The number of allylic oxidation sites excluding steroid dienone is 1. The van der Waals surface area contributed by atoms with Gasteiger partial charge in [-0.15, -0.1) is 0 Å². The van der Waals surface area contributed by atoms with Crippen molar-refractivity contribution in [3.8, 4) is 0 Å². The van der Waals surface area contributed by atoms with Gasteiger partial charge in [0.25, 0.3) is 5.91 Å². The van der Waals surface area contributed by atoms with E-state index in [1.54, 1.807) is 12.1 Å². The van der Waals surface area contributed by atoms with Crippen LogP contribution in [0.25, 0.3) is 16.3 Å². The van der Waals surface area contributed by atoms with E-state index < -0.39 is 29.1 Å². The average Bonchev–Trinajstić information content (AvgIpc) is 2.67. The zero-order chi connectivity index (χ0) is 19.6. The number of fused-ring (bicyclic) bond motifs is 1. The predicted molar refractivity (Wildman–Crippen MR) is 99.6 cm³/mol. The summed E-state index contributed by atoms with van der Waals surface area (Å²) in [5.74, 6) is -4.35. The molecule has 4 nitrogen and oxygen atoms in total. The molecule has 27 heavy (non-hydrogen) atoms. The highest BCUT2D eigenvalue weighted by Gasteiger charge is 2.18. The normalized spacial score (nSPS) is 11.8. The van der Waals surface area contributed by atoms with Crippen LogP contribution in [0, 0.1) is 5.82 Å². The zero-order valence-corrected chi connectivity index (χ0v) is 14.3. The summed E-state index contributed by atoms with van der Waals surface area (Å²) in [5.41, 5.74) is -0.00831. The second-order valence-electron chi connectivity index (χ2n) is 5.95. The van der Waals surface area contributed by atoms with Crippen LogP contribution >= 0.6 is 0 Å². The minimum atomic E-state index is -1.43. The molecular formula is C21H15F2NO3. The first kappa shape index (κ1) is 18.3. The average molecular weight is 367 g/mol. The number of rotatable bonds is 4. The van der Waals surface area contributed by atoms with Crippen LogP contribution < -0.4 is 5.32 Å².